The second-order valence-electron chi connectivity index (χ2n) is 8.49. The van der Waals surface area contributed by atoms with Crippen LogP contribution in [0.1, 0.15) is 34.2 Å². The van der Waals surface area contributed by atoms with Gasteiger partial charge in [0.15, 0.2) is 0 Å². The van der Waals surface area contributed by atoms with Crippen LogP contribution in [0.25, 0.3) is 0 Å². The van der Waals surface area contributed by atoms with Gasteiger partial charge in [-0.3, -0.25) is 14.3 Å². The molecule has 2 aliphatic rings. The van der Waals surface area contributed by atoms with Crippen molar-refractivity contribution < 1.29 is 32.3 Å². The lowest BCUT2D eigenvalue weighted by Gasteiger charge is -2.33. The number of hydrogen-bond acceptors (Lipinski definition) is 5. The van der Waals surface area contributed by atoms with Gasteiger partial charge in [0.1, 0.15) is 24.2 Å². The van der Waals surface area contributed by atoms with E-state index in [4.69, 9.17) is 9.57 Å². The number of ether oxygens (including phenoxy) is 1. The maximum atomic E-state index is 13.6. The summed E-state index contributed by atoms with van der Waals surface area (Å²) >= 11 is 0. The Morgan fingerprint density at radius 3 is 2.85 bits per heavy atom. The summed E-state index contributed by atoms with van der Waals surface area (Å²) < 4.78 is 44.9. The lowest BCUT2D eigenvalue weighted by molar-refractivity contribution is -0.169. The van der Waals surface area contributed by atoms with Crippen molar-refractivity contribution in [3.8, 4) is 0 Å². The summed E-state index contributed by atoms with van der Waals surface area (Å²) in [5, 5.41) is 8.39. The minimum atomic E-state index is -2.60. The first-order chi connectivity index (χ1) is 16.1. The van der Waals surface area contributed by atoms with Crippen LogP contribution in [0.15, 0.2) is 18.2 Å². The number of hydrogen-bond donors (Lipinski definition) is 1. The van der Waals surface area contributed by atoms with Crippen LogP contribution in [0, 0.1) is 12.7 Å². The molecular weight excluding hydrogens is 455 g/mol. The van der Waals surface area contributed by atoms with Crippen LogP contribution in [0.2, 0.25) is 0 Å². The maximum absolute atomic E-state index is 13.6. The minimum absolute atomic E-state index is 0.131. The summed E-state index contributed by atoms with van der Waals surface area (Å²) in [6, 6.07) is 3.73. The van der Waals surface area contributed by atoms with Gasteiger partial charge in [-0.2, -0.15) is 5.10 Å². The molecule has 0 spiro atoms. The van der Waals surface area contributed by atoms with Crippen molar-refractivity contribution >= 4 is 17.6 Å². The van der Waals surface area contributed by atoms with Crippen molar-refractivity contribution in [1.82, 2.24) is 19.7 Å². The van der Waals surface area contributed by atoms with Gasteiger partial charge in [0.25, 0.3) is 12.3 Å². The van der Waals surface area contributed by atoms with Gasteiger partial charge in [-0.25, -0.2) is 23.0 Å². The number of nitrogens with one attached hydrogen (secondary N) is 1. The summed E-state index contributed by atoms with van der Waals surface area (Å²) in [5.41, 5.74) is 2.47. The standard InChI is InChI=1S/C22H26F3N5O4/c1-12-6-14(4-5-17(12)23)26-22(32)29-9-16-18(7-13(29)2)27-30-8-15(10-33-11-19(24)25)34-28(3)21(31)20(16)30/h4-6,13,15,19H,7-11H2,1-3H3,(H,26,32)/t13-,15+/m1/s1. The molecule has 0 unspecified atom stereocenters. The fraction of sp³-hybridized carbons (Fsp3) is 0.500. The number of aryl methyl sites for hydroxylation is 1. The number of carbonyl (C=O) groups is 2. The average Bonchev–Trinajstić information content (AvgIpc) is 3.05. The zero-order valence-corrected chi connectivity index (χ0v) is 19.1. The first-order valence-electron chi connectivity index (χ1n) is 10.9. The summed E-state index contributed by atoms with van der Waals surface area (Å²) in [6.45, 7) is 2.91. The summed E-state index contributed by atoms with van der Waals surface area (Å²) in [4.78, 5) is 33.2. The lowest BCUT2D eigenvalue weighted by Crippen LogP contribution is -2.45. The lowest BCUT2D eigenvalue weighted by atomic mass is 9.99. The maximum Gasteiger partial charge on any atom is 0.322 e. The molecule has 1 N–H and O–H groups in total. The Morgan fingerprint density at radius 1 is 1.38 bits per heavy atom. The Balaban J connectivity index is 1.54. The number of anilines is 1. The molecule has 0 saturated carbocycles. The normalized spacial score (nSPS) is 20.3. The third-order valence-electron chi connectivity index (χ3n) is 5.87. The minimum Gasteiger partial charge on any atom is -0.373 e. The Kier molecular flexibility index (Phi) is 6.80. The van der Waals surface area contributed by atoms with E-state index in [9.17, 15) is 22.8 Å². The highest BCUT2D eigenvalue weighted by atomic mass is 19.3. The molecule has 2 aliphatic heterocycles. The topological polar surface area (TPSA) is 88.9 Å². The smallest absolute Gasteiger partial charge is 0.322 e. The fourth-order valence-corrected chi connectivity index (χ4v) is 4.17. The molecule has 3 amide bonds. The molecule has 0 saturated heterocycles. The van der Waals surface area contributed by atoms with Crippen molar-refractivity contribution in [3.63, 3.8) is 0 Å². The second kappa shape index (κ2) is 9.63. The van der Waals surface area contributed by atoms with E-state index in [-0.39, 0.29) is 43.3 Å². The van der Waals surface area contributed by atoms with E-state index in [1.165, 1.54) is 23.9 Å². The number of aromatic nitrogens is 2. The van der Waals surface area contributed by atoms with Crippen LogP contribution < -0.4 is 5.32 Å². The van der Waals surface area contributed by atoms with Crippen LogP contribution in [-0.4, -0.2) is 70.5 Å². The van der Waals surface area contributed by atoms with Gasteiger partial charge in [-0.1, -0.05) is 0 Å². The largest absolute Gasteiger partial charge is 0.373 e. The Labute approximate surface area is 194 Å². The number of halogens is 3. The molecule has 0 fully saturated rings. The number of fused-ring (bicyclic) bond motifs is 3. The van der Waals surface area contributed by atoms with Crippen molar-refractivity contribution in [1.29, 1.82) is 0 Å². The van der Waals surface area contributed by atoms with Gasteiger partial charge in [0.05, 0.1) is 25.4 Å². The van der Waals surface area contributed by atoms with Gasteiger partial charge in [0, 0.05) is 30.8 Å². The quantitative estimate of drug-likeness (QED) is 0.710. The fourth-order valence-electron chi connectivity index (χ4n) is 4.17. The molecular formula is C22H26F3N5O4. The van der Waals surface area contributed by atoms with Crippen molar-refractivity contribution in [3.05, 3.63) is 46.5 Å². The van der Waals surface area contributed by atoms with Gasteiger partial charge in [-0.05, 0) is 37.6 Å². The molecule has 0 bridgehead atoms. The molecule has 34 heavy (non-hydrogen) atoms. The molecule has 1 aromatic heterocycles. The first kappa shape index (κ1) is 24.0. The van der Waals surface area contributed by atoms with Gasteiger partial charge in [-0.15, -0.1) is 0 Å². The highest BCUT2D eigenvalue weighted by molar-refractivity contribution is 5.94. The third-order valence-corrected chi connectivity index (χ3v) is 5.87. The molecule has 2 aromatic rings. The molecule has 0 radical (unpaired) electrons. The average molecular weight is 481 g/mol. The van der Waals surface area contributed by atoms with Gasteiger partial charge in [0.2, 0.25) is 0 Å². The number of rotatable bonds is 5. The number of benzene rings is 1. The number of amides is 3. The summed E-state index contributed by atoms with van der Waals surface area (Å²) in [5.74, 6) is -0.812. The van der Waals surface area contributed by atoms with Gasteiger partial charge >= 0.3 is 6.03 Å². The van der Waals surface area contributed by atoms with Crippen LogP contribution >= 0.6 is 0 Å². The van der Waals surface area contributed by atoms with E-state index in [2.05, 4.69) is 10.4 Å². The zero-order valence-electron chi connectivity index (χ0n) is 19.1. The molecule has 3 heterocycles. The van der Waals surface area contributed by atoms with E-state index >= 15 is 0 Å². The van der Waals surface area contributed by atoms with Crippen LogP contribution in [0.3, 0.4) is 0 Å². The number of nitrogens with zero attached hydrogens (tertiary/aromatic N) is 4. The number of carbonyl (C=O) groups excluding carboxylic acids is 2. The first-order valence-corrected chi connectivity index (χ1v) is 10.9. The van der Waals surface area contributed by atoms with E-state index in [0.29, 0.717) is 28.9 Å². The van der Waals surface area contributed by atoms with E-state index in [1.807, 2.05) is 6.92 Å². The number of hydroxylamine groups is 2. The monoisotopic (exact) mass is 481 g/mol. The highest BCUT2D eigenvalue weighted by Crippen LogP contribution is 2.29. The van der Waals surface area contributed by atoms with Crippen LogP contribution in [-0.2, 0) is 29.1 Å². The summed E-state index contributed by atoms with van der Waals surface area (Å²) in [6.07, 6.45) is -2.86. The molecule has 9 nitrogen and oxygen atoms in total. The summed E-state index contributed by atoms with van der Waals surface area (Å²) in [7, 11) is 1.43. The Bertz CT molecular complexity index is 1090. The molecule has 184 valence electrons. The molecule has 0 aliphatic carbocycles. The van der Waals surface area contributed by atoms with E-state index in [0.717, 1.165) is 5.06 Å². The van der Waals surface area contributed by atoms with E-state index < -0.39 is 25.0 Å². The van der Waals surface area contributed by atoms with Crippen molar-refractivity contribution in [2.75, 3.05) is 25.6 Å². The molecule has 1 aromatic carbocycles. The number of alkyl halides is 2. The SMILES string of the molecule is Cc1cc(NC(=O)N2Cc3c(nn4c3C(=O)N(C)O[C@H](COCC(F)F)C4)C[C@H]2C)ccc1F. The van der Waals surface area contributed by atoms with Crippen LogP contribution in [0.5, 0.6) is 0 Å². The predicted molar refractivity (Wildman–Crippen MR) is 115 cm³/mol. The van der Waals surface area contributed by atoms with Crippen molar-refractivity contribution in [2.24, 2.45) is 0 Å². The highest BCUT2D eigenvalue weighted by Gasteiger charge is 2.37. The van der Waals surface area contributed by atoms with Gasteiger partial charge < -0.3 is 15.0 Å². The third kappa shape index (κ3) is 4.87. The zero-order chi connectivity index (χ0) is 24.6. The van der Waals surface area contributed by atoms with E-state index in [1.54, 1.807) is 17.9 Å². The second-order valence-corrected chi connectivity index (χ2v) is 8.49. The molecule has 4 rings (SSSR count). The van der Waals surface area contributed by atoms with Crippen LogP contribution in [0.4, 0.5) is 23.7 Å². The Morgan fingerprint density at radius 2 is 2.15 bits per heavy atom. The molecule has 12 heteroatoms. The number of urea groups is 1. The predicted octanol–water partition coefficient (Wildman–Crippen LogP) is 2.98. The van der Waals surface area contributed by atoms with Crippen molar-refractivity contribution in [2.45, 2.75) is 51.9 Å². The molecule has 2 atom stereocenters. The Hall–Kier alpha value is -3.12.